The summed E-state index contributed by atoms with van der Waals surface area (Å²) in [6, 6.07) is 2.20. The molecule has 0 aromatic carbocycles. The highest BCUT2D eigenvalue weighted by Crippen LogP contribution is 2.57. The molecule has 2 aliphatic rings. The summed E-state index contributed by atoms with van der Waals surface area (Å²) in [6.07, 6.45) is 7.19. The first-order chi connectivity index (χ1) is 8.73. The zero-order valence-electron chi connectivity index (χ0n) is 11.0. The van der Waals surface area contributed by atoms with E-state index in [1.54, 1.807) is 4.88 Å². The van der Waals surface area contributed by atoms with Crippen LogP contribution in [0.15, 0.2) is 15.9 Å². The maximum absolute atomic E-state index is 3.71. The molecular weight excluding hydrogens is 306 g/mol. The van der Waals surface area contributed by atoms with Crippen LogP contribution in [0.2, 0.25) is 0 Å². The summed E-state index contributed by atoms with van der Waals surface area (Å²) in [6.45, 7) is 4.54. The van der Waals surface area contributed by atoms with Crippen LogP contribution in [0, 0.1) is 17.3 Å². The number of hydrogen-bond donors (Lipinski definition) is 1. The molecule has 100 valence electrons. The molecule has 3 rings (SSSR count). The predicted octanol–water partition coefficient (Wildman–Crippen LogP) is 4.47. The minimum Gasteiger partial charge on any atom is -0.316 e. The van der Waals surface area contributed by atoms with E-state index in [-0.39, 0.29) is 0 Å². The molecule has 0 amide bonds. The standard InChI is InChI=1S/C15H22BrNS/c1-2-17-10-15(8-11-3-4-12(15)7-11)9-14-13(16)5-6-18-14/h5-6,11-12,17H,2-4,7-10H2,1H3. The third-order valence-electron chi connectivity index (χ3n) is 5.03. The molecule has 2 aliphatic carbocycles. The number of hydrogen-bond acceptors (Lipinski definition) is 2. The van der Waals surface area contributed by atoms with Crippen LogP contribution in [0.25, 0.3) is 0 Å². The zero-order chi connectivity index (χ0) is 12.6. The third kappa shape index (κ3) is 2.30. The van der Waals surface area contributed by atoms with Crippen LogP contribution in [0.3, 0.4) is 0 Å². The molecule has 3 atom stereocenters. The Labute approximate surface area is 122 Å². The summed E-state index contributed by atoms with van der Waals surface area (Å²) >= 11 is 5.63. The largest absolute Gasteiger partial charge is 0.316 e. The molecular formula is C15H22BrNS. The molecule has 1 heterocycles. The molecule has 3 heteroatoms. The molecule has 2 saturated carbocycles. The molecule has 0 radical (unpaired) electrons. The molecule has 3 unspecified atom stereocenters. The highest BCUT2D eigenvalue weighted by atomic mass is 79.9. The van der Waals surface area contributed by atoms with Gasteiger partial charge in [0.15, 0.2) is 0 Å². The fraction of sp³-hybridized carbons (Fsp3) is 0.733. The number of nitrogens with one attached hydrogen (secondary N) is 1. The molecule has 1 aromatic rings. The Hall–Kier alpha value is 0.140. The van der Waals surface area contributed by atoms with E-state index in [9.17, 15) is 0 Å². The van der Waals surface area contributed by atoms with Gasteiger partial charge in [-0.3, -0.25) is 0 Å². The van der Waals surface area contributed by atoms with Crippen molar-refractivity contribution in [1.29, 1.82) is 0 Å². The van der Waals surface area contributed by atoms with Gasteiger partial charge >= 0.3 is 0 Å². The lowest BCUT2D eigenvalue weighted by Gasteiger charge is -2.38. The normalized spacial score (nSPS) is 34.3. The minimum absolute atomic E-state index is 0.548. The Bertz CT molecular complexity index is 416. The Kier molecular flexibility index (Phi) is 3.84. The highest BCUT2D eigenvalue weighted by Gasteiger charge is 2.50. The number of fused-ring (bicyclic) bond motifs is 2. The van der Waals surface area contributed by atoms with Gasteiger partial charge in [0.05, 0.1) is 0 Å². The molecule has 0 aliphatic heterocycles. The lowest BCUT2D eigenvalue weighted by Crippen LogP contribution is -2.40. The second-order valence-corrected chi connectivity index (χ2v) is 7.95. The number of halogens is 1. The fourth-order valence-corrected chi connectivity index (χ4v) is 5.85. The van der Waals surface area contributed by atoms with Gasteiger partial charge in [-0.05, 0) is 76.9 Å². The Morgan fingerprint density at radius 3 is 2.94 bits per heavy atom. The SMILES string of the molecule is CCNCC1(Cc2sccc2Br)CC2CCC1C2. The lowest BCUT2D eigenvalue weighted by molar-refractivity contribution is 0.158. The molecule has 0 spiro atoms. The van der Waals surface area contributed by atoms with E-state index in [4.69, 9.17) is 0 Å². The van der Waals surface area contributed by atoms with Crippen molar-refractivity contribution in [3.05, 3.63) is 20.8 Å². The predicted molar refractivity (Wildman–Crippen MR) is 82.1 cm³/mol. The van der Waals surface area contributed by atoms with E-state index in [1.165, 1.54) is 43.1 Å². The van der Waals surface area contributed by atoms with E-state index in [0.29, 0.717) is 5.41 Å². The molecule has 1 N–H and O–H groups in total. The van der Waals surface area contributed by atoms with Gasteiger partial charge in [0.2, 0.25) is 0 Å². The van der Waals surface area contributed by atoms with Gasteiger partial charge in [0.25, 0.3) is 0 Å². The quantitative estimate of drug-likeness (QED) is 0.841. The second kappa shape index (κ2) is 5.26. The monoisotopic (exact) mass is 327 g/mol. The van der Waals surface area contributed by atoms with Crippen molar-refractivity contribution >= 4 is 27.3 Å². The van der Waals surface area contributed by atoms with Crippen molar-refractivity contribution in [2.24, 2.45) is 17.3 Å². The van der Waals surface area contributed by atoms with Crippen LogP contribution in [0.5, 0.6) is 0 Å². The first-order valence-corrected chi connectivity index (χ1v) is 8.83. The number of thiophene rings is 1. The van der Waals surface area contributed by atoms with E-state index in [0.717, 1.165) is 18.4 Å². The first-order valence-electron chi connectivity index (χ1n) is 7.16. The second-order valence-electron chi connectivity index (χ2n) is 6.09. The summed E-state index contributed by atoms with van der Waals surface area (Å²) in [5.41, 5.74) is 0.548. The van der Waals surface area contributed by atoms with Crippen molar-refractivity contribution < 1.29 is 0 Å². The van der Waals surface area contributed by atoms with Crippen molar-refractivity contribution in [3.8, 4) is 0 Å². The van der Waals surface area contributed by atoms with Crippen LogP contribution in [0.1, 0.15) is 37.5 Å². The molecule has 1 nitrogen and oxygen atoms in total. The van der Waals surface area contributed by atoms with Gasteiger partial charge < -0.3 is 5.32 Å². The van der Waals surface area contributed by atoms with Gasteiger partial charge in [-0.25, -0.2) is 0 Å². The summed E-state index contributed by atoms with van der Waals surface area (Å²) in [4.78, 5) is 1.56. The van der Waals surface area contributed by atoms with E-state index >= 15 is 0 Å². The van der Waals surface area contributed by atoms with Gasteiger partial charge in [-0.1, -0.05) is 13.3 Å². The average molecular weight is 328 g/mol. The van der Waals surface area contributed by atoms with E-state index in [2.05, 4.69) is 39.6 Å². The van der Waals surface area contributed by atoms with Crippen molar-refractivity contribution in [2.45, 2.75) is 39.0 Å². The third-order valence-corrected chi connectivity index (χ3v) is 6.96. The zero-order valence-corrected chi connectivity index (χ0v) is 13.4. The summed E-state index contributed by atoms with van der Waals surface area (Å²) in [5, 5.41) is 5.85. The van der Waals surface area contributed by atoms with Crippen LogP contribution in [-0.4, -0.2) is 13.1 Å². The van der Waals surface area contributed by atoms with Crippen LogP contribution in [-0.2, 0) is 6.42 Å². The van der Waals surface area contributed by atoms with Crippen LogP contribution >= 0.6 is 27.3 Å². The Morgan fingerprint density at radius 2 is 2.39 bits per heavy atom. The lowest BCUT2D eigenvalue weighted by atomic mass is 9.70. The molecule has 18 heavy (non-hydrogen) atoms. The summed E-state index contributed by atoms with van der Waals surface area (Å²) < 4.78 is 1.33. The van der Waals surface area contributed by atoms with Gasteiger partial charge in [0, 0.05) is 15.9 Å². The van der Waals surface area contributed by atoms with Crippen molar-refractivity contribution in [1.82, 2.24) is 5.32 Å². The Balaban J connectivity index is 1.80. The minimum atomic E-state index is 0.548. The molecule has 2 fully saturated rings. The van der Waals surface area contributed by atoms with Crippen molar-refractivity contribution in [2.75, 3.05) is 13.1 Å². The van der Waals surface area contributed by atoms with E-state index < -0.39 is 0 Å². The van der Waals surface area contributed by atoms with Crippen LogP contribution in [0.4, 0.5) is 0 Å². The van der Waals surface area contributed by atoms with Crippen LogP contribution < -0.4 is 5.32 Å². The summed E-state index contributed by atoms with van der Waals surface area (Å²) in [7, 11) is 0. The molecule has 1 aromatic heterocycles. The first kappa shape index (κ1) is 13.1. The van der Waals surface area contributed by atoms with E-state index in [1.807, 2.05) is 11.3 Å². The Morgan fingerprint density at radius 1 is 1.50 bits per heavy atom. The van der Waals surface area contributed by atoms with Crippen molar-refractivity contribution in [3.63, 3.8) is 0 Å². The molecule has 2 bridgehead atoms. The smallest absolute Gasteiger partial charge is 0.0314 e. The van der Waals surface area contributed by atoms with Gasteiger partial charge in [-0.2, -0.15) is 0 Å². The maximum Gasteiger partial charge on any atom is 0.0314 e. The number of rotatable bonds is 5. The highest BCUT2D eigenvalue weighted by molar-refractivity contribution is 9.10. The fourth-order valence-electron chi connectivity index (χ4n) is 4.20. The average Bonchev–Trinajstić information content (AvgIpc) is 3.04. The molecule has 0 saturated heterocycles. The van der Waals surface area contributed by atoms with Gasteiger partial charge in [0.1, 0.15) is 0 Å². The maximum atomic E-state index is 3.71. The van der Waals surface area contributed by atoms with Gasteiger partial charge in [-0.15, -0.1) is 11.3 Å². The topological polar surface area (TPSA) is 12.0 Å². The summed E-state index contributed by atoms with van der Waals surface area (Å²) in [5.74, 6) is 1.99.